The van der Waals surface area contributed by atoms with Gasteiger partial charge in [0.15, 0.2) is 5.13 Å². The summed E-state index contributed by atoms with van der Waals surface area (Å²) in [6, 6.07) is 7.94. The number of ether oxygens (including phenoxy) is 1. The lowest BCUT2D eigenvalue weighted by Gasteiger charge is -2.26. The van der Waals surface area contributed by atoms with Gasteiger partial charge in [-0.2, -0.15) is 0 Å². The van der Waals surface area contributed by atoms with Crippen LogP contribution in [0.2, 0.25) is 0 Å². The van der Waals surface area contributed by atoms with Crippen LogP contribution in [0.15, 0.2) is 30.3 Å². The predicted molar refractivity (Wildman–Crippen MR) is 118 cm³/mol. The first kappa shape index (κ1) is 21.7. The molecule has 4 rings (SSSR count). The number of carbonyl (C=O) groups excluding carboxylic acids is 1. The molecule has 0 bridgehead atoms. The number of carbonyl (C=O) groups is 1. The summed E-state index contributed by atoms with van der Waals surface area (Å²) in [5.41, 5.74) is 0.566. The van der Waals surface area contributed by atoms with Crippen LogP contribution in [0.25, 0.3) is 10.2 Å². The summed E-state index contributed by atoms with van der Waals surface area (Å²) in [5, 5.41) is 25.4. The van der Waals surface area contributed by atoms with Crippen LogP contribution in [-0.4, -0.2) is 51.9 Å². The second-order valence-electron chi connectivity index (χ2n) is 7.32. The summed E-state index contributed by atoms with van der Waals surface area (Å²) in [4.78, 5) is 40.4. The van der Waals surface area contributed by atoms with E-state index in [1.165, 1.54) is 18.3 Å². The van der Waals surface area contributed by atoms with Crippen LogP contribution in [0.4, 0.5) is 16.5 Å². The van der Waals surface area contributed by atoms with Crippen molar-refractivity contribution in [2.75, 3.05) is 31.6 Å². The van der Waals surface area contributed by atoms with Crippen LogP contribution in [0.5, 0.6) is 0 Å². The second-order valence-corrected chi connectivity index (χ2v) is 8.35. The summed E-state index contributed by atoms with van der Waals surface area (Å²) >= 11 is 1.27. The molecular formula is C20H19N5O6S. The van der Waals surface area contributed by atoms with Crippen molar-refractivity contribution in [3.63, 3.8) is 0 Å². The van der Waals surface area contributed by atoms with Gasteiger partial charge in [-0.05, 0) is 24.6 Å². The monoisotopic (exact) mass is 457 g/mol. The van der Waals surface area contributed by atoms with E-state index in [1.54, 1.807) is 0 Å². The number of amides is 1. The third-order valence-corrected chi connectivity index (χ3v) is 6.13. The maximum atomic E-state index is 12.7. The molecule has 0 spiro atoms. The van der Waals surface area contributed by atoms with Gasteiger partial charge in [-0.3, -0.25) is 35.2 Å². The Kier molecular flexibility index (Phi) is 6.08. The van der Waals surface area contributed by atoms with Gasteiger partial charge in [-0.15, -0.1) is 0 Å². The Morgan fingerprint density at radius 2 is 1.81 bits per heavy atom. The minimum absolute atomic E-state index is 0.107. The minimum atomic E-state index is -0.743. The zero-order valence-electron chi connectivity index (χ0n) is 17.1. The Morgan fingerprint density at radius 3 is 2.44 bits per heavy atom. The molecule has 32 heavy (non-hydrogen) atoms. The van der Waals surface area contributed by atoms with Crippen molar-refractivity contribution in [3.8, 4) is 0 Å². The highest BCUT2D eigenvalue weighted by molar-refractivity contribution is 7.22. The van der Waals surface area contributed by atoms with Crippen molar-refractivity contribution < 1.29 is 19.4 Å². The number of nitro benzene ring substituents is 2. The Balaban J connectivity index is 1.56. The minimum Gasteiger partial charge on any atom is -0.379 e. The lowest BCUT2D eigenvalue weighted by molar-refractivity contribution is -0.395. The van der Waals surface area contributed by atoms with E-state index in [0.717, 1.165) is 42.0 Å². The van der Waals surface area contributed by atoms with E-state index in [9.17, 15) is 25.0 Å². The lowest BCUT2D eigenvalue weighted by atomic mass is 10.1. The van der Waals surface area contributed by atoms with E-state index in [-0.39, 0.29) is 11.1 Å². The largest absolute Gasteiger partial charge is 0.379 e. The second kappa shape index (κ2) is 8.94. The van der Waals surface area contributed by atoms with Gasteiger partial charge in [-0.1, -0.05) is 17.4 Å². The Labute approximate surface area is 185 Å². The number of rotatable bonds is 6. The maximum Gasteiger partial charge on any atom is 0.279 e. The third kappa shape index (κ3) is 4.56. The highest BCUT2D eigenvalue weighted by Crippen LogP contribution is 2.31. The molecule has 1 aliphatic heterocycles. The molecule has 0 atom stereocenters. The Morgan fingerprint density at radius 1 is 1.16 bits per heavy atom. The molecule has 166 valence electrons. The zero-order valence-corrected chi connectivity index (χ0v) is 17.9. The number of hydrogen-bond donors (Lipinski definition) is 1. The average molecular weight is 457 g/mol. The van der Waals surface area contributed by atoms with Crippen LogP contribution >= 0.6 is 11.3 Å². The zero-order chi connectivity index (χ0) is 22.8. The average Bonchev–Trinajstić information content (AvgIpc) is 3.15. The van der Waals surface area contributed by atoms with E-state index >= 15 is 0 Å². The van der Waals surface area contributed by atoms with Gasteiger partial charge in [0.05, 0.1) is 38.8 Å². The summed E-state index contributed by atoms with van der Waals surface area (Å²) in [6.45, 7) is 5.24. The predicted octanol–water partition coefficient (Wildman–Crippen LogP) is 3.51. The highest BCUT2D eigenvalue weighted by Gasteiger charge is 2.25. The molecule has 0 saturated carbocycles. The van der Waals surface area contributed by atoms with Gasteiger partial charge in [0.2, 0.25) is 0 Å². The first-order valence-corrected chi connectivity index (χ1v) is 10.6. The fourth-order valence-electron chi connectivity index (χ4n) is 3.50. The Bertz CT molecular complexity index is 1190. The van der Waals surface area contributed by atoms with Crippen molar-refractivity contribution in [1.29, 1.82) is 0 Å². The highest BCUT2D eigenvalue weighted by atomic mass is 32.1. The molecule has 2 aromatic carbocycles. The standard InChI is InChI=1S/C20H19N5O6S/c1-12-16(24(27)28)9-14(10-17(12)25(29)30)19(26)22-20-21-15-3-2-13(8-18(15)32-20)11-23-4-6-31-7-5-23/h2-3,8-10H,4-7,11H2,1H3,(H,21,22,26). The third-order valence-electron chi connectivity index (χ3n) is 5.19. The number of hydrogen-bond acceptors (Lipinski definition) is 9. The number of nitrogens with zero attached hydrogens (tertiary/aromatic N) is 4. The van der Waals surface area contributed by atoms with Gasteiger partial charge in [0.25, 0.3) is 17.3 Å². The molecule has 11 nitrogen and oxygen atoms in total. The topological polar surface area (TPSA) is 141 Å². The Hall–Kier alpha value is -3.48. The number of thiazole rings is 1. The van der Waals surface area contributed by atoms with Crippen LogP contribution in [0, 0.1) is 27.2 Å². The summed E-state index contributed by atoms with van der Waals surface area (Å²) in [5.74, 6) is -0.705. The van der Waals surface area contributed by atoms with Crippen LogP contribution in [0.3, 0.4) is 0 Å². The number of morpholine rings is 1. The summed E-state index contributed by atoms with van der Waals surface area (Å²) < 4.78 is 6.25. The number of benzene rings is 2. The molecule has 3 aromatic rings. The molecule has 1 fully saturated rings. The van der Waals surface area contributed by atoms with Gasteiger partial charge in [0, 0.05) is 31.8 Å². The van der Waals surface area contributed by atoms with Crippen molar-refractivity contribution in [2.45, 2.75) is 13.5 Å². The molecule has 1 N–H and O–H groups in total. The number of fused-ring (bicyclic) bond motifs is 1. The maximum absolute atomic E-state index is 12.7. The molecule has 0 unspecified atom stereocenters. The number of nitro groups is 2. The van der Waals surface area contributed by atoms with E-state index < -0.39 is 27.1 Å². The van der Waals surface area contributed by atoms with Gasteiger partial charge in [-0.25, -0.2) is 4.98 Å². The molecule has 0 aliphatic carbocycles. The van der Waals surface area contributed by atoms with Gasteiger partial charge < -0.3 is 4.74 Å². The lowest BCUT2D eigenvalue weighted by Crippen LogP contribution is -2.35. The quantitative estimate of drug-likeness (QED) is 0.438. The van der Waals surface area contributed by atoms with E-state index in [2.05, 4.69) is 15.2 Å². The first-order chi connectivity index (χ1) is 15.3. The van der Waals surface area contributed by atoms with E-state index in [4.69, 9.17) is 4.74 Å². The van der Waals surface area contributed by atoms with Crippen LogP contribution in [0.1, 0.15) is 21.5 Å². The first-order valence-electron chi connectivity index (χ1n) is 9.76. The van der Waals surface area contributed by atoms with Crippen molar-refractivity contribution in [2.24, 2.45) is 0 Å². The molecule has 2 heterocycles. The fraction of sp³-hybridized carbons (Fsp3) is 0.300. The summed E-state index contributed by atoms with van der Waals surface area (Å²) in [7, 11) is 0. The number of aromatic nitrogens is 1. The normalized spacial score (nSPS) is 14.4. The molecule has 12 heteroatoms. The molecule has 1 saturated heterocycles. The van der Waals surface area contributed by atoms with Crippen LogP contribution < -0.4 is 5.32 Å². The van der Waals surface area contributed by atoms with Crippen molar-refractivity contribution in [1.82, 2.24) is 9.88 Å². The van der Waals surface area contributed by atoms with E-state index in [0.29, 0.717) is 23.9 Å². The molecule has 1 aromatic heterocycles. The summed E-state index contributed by atoms with van der Waals surface area (Å²) in [6.07, 6.45) is 0. The molecular weight excluding hydrogens is 438 g/mol. The molecule has 0 radical (unpaired) electrons. The number of nitrogens with one attached hydrogen (secondary N) is 1. The fourth-order valence-corrected chi connectivity index (χ4v) is 4.43. The van der Waals surface area contributed by atoms with Crippen molar-refractivity contribution >= 4 is 44.0 Å². The van der Waals surface area contributed by atoms with Crippen molar-refractivity contribution in [3.05, 3.63) is 67.3 Å². The SMILES string of the molecule is Cc1c([N+](=O)[O-])cc(C(=O)Nc2nc3ccc(CN4CCOCC4)cc3s2)cc1[N+](=O)[O-]. The number of anilines is 1. The van der Waals surface area contributed by atoms with Gasteiger partial charge in [0.1, 0.15) is 5.56 Å². The van der Waals surface area contributed by atoms with E-state index in [1.807, 2.05) is 18.2 Å². The van der Waals surface area contributed by atoms with Gasteiger partial charge >= 0.3 is 0 Å². The molecule has 1 aliphatic rings. The van der Waals surface area contributed by atoms with Crippen LogP contribution in [-0.2, 0) is 11.3 Å². The molecule has 1 amide bonds. The smallest absolute Gasteiger partial charge is 0.279 e.